The molecule has 88 valence electrons. The molecular weight excluding hydrogens is 188 g/mol. The number of urea groups is 1. The largest absolute Gasteiger partial charge is 0.335 e. The van der Waals surface area contributed by atoms with Crippen LogP contribution >= 0.6 is 0 Å². The van der Waals surface area contributed by atoms with Gasteiger partial charge in [-0.1, -0.05) is 26.7 Å². The number of carbonyl (C=O) groups excluding carboxylic acids is 1. The molecule has 1 fully saturated rings. The number of hydrogen-bond acceptors (Lipinski definition) is 1. The van der Waals surface area contributed by atoms with Crippen molar-refractivity contribution < 1.29 is 4.79 Å². The number of nitrogens with zero attached hydrogens (tertiary/aromatic N) is 1. The number of hydrogen-bond donors (Lipinski definition) is 1. The van der Waals surface area contributed by atoms with Gasteiger partial charge in [-0.3, -0.25) is 0 Å². The minimum absolute atomic E-state index is 0.0726. The highest BCUT2D eigenvalue weighted by atomic mass is 16.2. The lowest BCUT2D eigenvalue weighted by Crippen LogP contribution is -2.48. The second-order valence-corrected chi connectivity index (χ2v) is 4.84. The first-order valence-corrected chi connectivity index (χ1v) is 6.07. The van der Waals surface area contributed by atoms with Gasteiger partial charge in [0.25, 0.3) is 0 Å². The molecule has 1 N–H and O–H groups in total. The average molecular weight is 212 g/mol. The van der Waals surface area contributed by atoms with E-state index in [9.17, 15) is 4.79 Å². The van der Waals surface area contributed by atoms with Gasteiger partial charge in [0.15, 0.2) is 0 Å². The van der Waals surface area contributed by atoms with Crippen LogP contribution in [0, 0.1) is 11.8 Å². The topological polar surface area (TPSA) is 32.3 Å². The van der Waals surface area contributed by atoms with Crippen molar-refractivity contribution in [1.82, 2.24) is 10.2 Å². The molecule has 1 rings (SSSR count). The van der Waals surface area contributed by atoms with Crippen molar-refractivity contribution >= 4 is 6.03 Å². The van der Waals surface area contributed by atoms with Gasteiger partial charge in [0.05, 0.1) is 0 Å². The molecule has 1 saturated carbocycles. The van der Waals surface area contributed by atoms with Crippen molar-refractivity contribution in [3.63, 3.8) is 0 Å². The first-order chi connectivity index (χ1) is 7.06. The van der Waals surface area contributed by atoms with Crippen LogP contribution in [0.15, 0.2) is 0 Å². The quantitative estimate of drug-likeness (QED) is 0.749. The zero-order valence-electron chi connectivity index (χ0n) is 10.4. The lowest BCUT2D eigenvalue weighted by molar-refractivity contribution is 0.176. The molecule has 3 atom stereocenters. The molecule has 1 aliphatic rings. The van der Waals surface area contributed by atoms with Crippen molar-refractivity contribution in [2.45, 2.75) is 46.1 Å². The van der Waals surface area contributed by atoms with Crippen LogP contribution in [0.1, 0.15) is 40.0 Å². The molecule has 0 aromatic heterocycles. The van der Waals surface area contributed by atoms with E-state index in [1.54, 1.807) is 4.90 Å². The minimum Gasteiger partial charge on any atom is -0.335 e. The van der Waals surface area contributed by atoms with Crippen LogP contribution in [0.3, 0.4) is 0 Å². The number of carbonyl (C=O) groups is 1. The summed E-state index contributed by atoms with van der Waals surface area (Å²) in [4.78, 5) is 13.4. The summed E-state index contributed by atoms with van der Waals surface area (Å²) in [5.74, 6) is 1.34. The number of nitrogens with one attached hydrogen (secondary N) is 1. The zero-order chi connectivity index (χ0) is 11.4. The molecule has 0 saturated heterocycles. The SMILES string of the molecule is CCN(C)C(=O)NC1CCCC(C)C1C. The molecule has 0 bridgehead atoms. The fraction of sp³-hybridized carbons (Fsp3) is 0.917. The Labute approximate surface area is 93.2 Å². The third-order valence-corrected chi connectivity index (χ3v) is 3.84. The van der Waals surface area contributed by atoms with Crippen LogP contribution in [0.25, 0.3) is 0 Å². The van der Waals surface area contributed by atoms with Crippen LogP contribution < -0.4 is 5.32 Å². The summed E-state index contributed by atoms with van der Waals surface area (Å²) in [5, 5.41) is 3.14. The summed E-state index contributed by atoms with van der Waals surface area (Å²) in [6.45, 7) is 7.29. The Morgan fingerprint density at radius 1 is 1.40 bits per heavy atom. The smallest absolute Gasteiger partial charge is 0.317 e. The summed E-state index contributed by atoms with van der Waals surface area (Å²) in [7, 11) is 1.84. The van der Waals surface area contributed by atoms with Crippen LogP contribution in [-0.2, 0) is 0 Å². The van der Waals surface area contributed by atoms with E-state index in [1.807, 2.05) is 14.0 Å². The third-order valence-electron chi connectivity index (χ3n) is 3.84. The molecule has 0 aromatic carbocycles. The maximum absolute atomic E-state index is 11.7. The highest BCUT2D eigenvalue weighted by molar-refractivity contribution is 5.74. The van der Waals surface area contributed by atoms with Gasteiger partial charge in [-0.15, -0.1) is 0 Å². The monoisotopic (exact) mass is 212 g/mol. The van der Waals surface area contributed by atoms with Gasteiger partial charge in [0.1, 0.15) is 0 Å². The number of rotatable bonds is 2. The molecule has 0 aliphatic heterocycles. The van der Waals surface area contributed by atoms with E-state index < -0.39 is 0 Å². The van der Waals surface area contributed by atoms with E-state index in [0.29, 0.717) is 12.0 Å². The average Bonchev–Trinajstić information content (AvgIpc) is 2.23. The Morgan fingerprint density at radius 2 is 2.07 bits per heavy atom. The van der Waals surface area contributed by atoms with Crippen molar-refractivity contribution in [3.8, 4) is 0 Å². The molecule has 0 heterocycles. The Balaban J connectivity index is 2.46. The maximum Gasteiger partial charge on any atom is 0.317 e. The van der Waals surface area contributed by atoms with Crippen molar-refractivity contribution in [2.75, 3.05) is 13.6 Å². The van der Waals surface area contributed by atoms with E-state index in [2.05, 4.69) is 19.2 Å². The van der Waals surface area contributed by atoms with Crippen molar-refractivity contribution in [2.24, 2.45) is 11.8 Å². The summed E-state index contributed by atoms with van der Waals surface area (Å²) in [5.41, 5.74) is 0. The van der Waals surface area contributed by atoms with Crippen LogP contribution in [-0.4, -0.2) is 30.6 Å². The first kappa shape index (κ1) is 12.3. The Morgan fingerprint density at radius 3 is 2.67 bits per heavy atom. The van der Waals surface area contributed by atoms with Gasteiger partial charge in [-0.2, -0.15) is 0 Å². The molecule has 3 nitrogen and oxygen atoms in total. The molecule has 2 amide bonds. The fourth-order valence-electron chi connectivity index (χ4n) is 2.20. The summed E-state index contributed by atoms with van der Waals surface area (Å²) in [6.07, 6.45) is 3.68. The molecule has 15 heavy (non-hydrogen) atoms. The van der Waals surface area contributed by atoms with E-state index in [1.165, 1.54) is 12.8 Å². The standard InChI is InChI=1S/C12H24N2O/c1-5-14(4)12(15)13-11-8-6-7-9(2)10(11)3/h9-11H,5-8H2,1-4H3,(H,13,15). The van der Waals surface area contributed by atoms with Gasteiger partial charge in [-0.25, -0.2) is 4.79 Å². The second kappa shape index (κ2) is 5.38. The van der Waals surface area contributed by atoms with E-state index >= 15 is 0 Å². The highest BCUT2D eigenvalue weighted by Gasteiger charge is 2.28. The highest BCUT2D eigenvalue weighted by Crippen LogP contribution is 2.29. The van der Waals surface area contributed by atoms with Crippen LogP contribution in [0.5, 0.6) is 0 Å². The zero-order valence-corrected chi connectivity index (χ0v) is 10.4. The predicted octanol–water partition coefficient (Wildman–Crippen LogP) is 2.47. The number of amides is 2. The lowest BCUT2D eigenvalue weighted by Gasteiger charge is -2.35. The molecule has 3 heteroatoms. The molecular formula is C12H24N2O. The van der Waals surface area contributed by atoms with Gasteiger partial charge in [-0.05, 0) is 25.2 Å². The maximum atomic E-state index is 11.7. The van der Waals surface area contributed by atoms with E-state index in [0.717, 1.165) is 18.9 Å². The summed E-state index contributed by atoms with van der Waals surface area (Å²) in [6, 6.07) is 0.443. The molecule has 1 aliphatic carbocycles. The van der Waals surface area contributed by atoms with E-state index in [-0.39, 0.29) is 6.03 Å². The van der Waals surface area contributed by atoms with E-state index in [4.69, 9.17) is 0 Å². The molecule has 0 radical (unpaired) electrons. The van der Waals surface area contributed by atoms with Crippen molar-refractivity contribution in [1.29, 1.82) is 0 Å². The first-order valence-electron chi connectivity index (χ1n) is 6.07. The summed E-state index contributed by atoms with van der Waals surface area (Å²) >= 11 is 0. The van der Waals surface area contributed by atoms with Gasteiger partial charge in [0, 0.05) is 19.6 Å². The molecule has 0 spiro atoms. The van der Waals surface area contributed by atoms with Gasteiger partial charge >= 0.3 is 6.03 Å². The Kier molecular flexibility index (Phi) is 4.43. The van der Waals surface area contributed by atoms with Gasteiger partial charge in [0.2, 0.25) is 0 Å². The van der Waals surface area contributed by atoms with Gasteiger partial charge < -0.3 is 10.2 Å². The normalized spacial score (nSPS) is 31.1. The van der Waals surface area contributed by atoms with Crippen LogP contribution in [0.4, 0.5) is 4.79 Å². The third kappa shape index (κ3) is 3.11. The molecule has 0 aromatic rings. The fourth-order valence-corrected chi connectivity index (χ4v) is 2.20. The van der Waals surface area contributed by atoms with Crippen molar-refractivity contribution in [3.05, 3.63) is 0 Å². The molecule has 3 unspecified atom stereocenters. The summed E-state index contributed by atoms with van der Waals surface area (Å²) < 4.78 is 0. The Bertz CT molecular complexity index is 218. The Hall–Kier alpha value is -0.730. The second-order valence-electron chi connectivity index (χ2n) is 4.84. The minimum atomic E-state index is 0.0726. The lowest BCUT2D eigenvalue weighted by atomic mass is 9.78. The predicted molar refractivity (Wildman–Crippen MR) is 62.8 cm³/mol. The van der Waals surface area contributed by atoms with Crippen LogP contribution in [0.2, 0.25) is 0 Å².